The minimum atomic E-state index is -0.685. The third-order valence-electron chi connectivity index (χ3n) is 3.65. The molecule has 1 aromatic rings. The Morgan fingerprint density at radius 1 is 1.47 bits per heavy atom. The van der Waals surface area contributed by atoms with Crippen molar-refractivity contribution < 1.29 is 9.90 Å². The Bertz CT molecular complexity index is 403. The smallest absolute Gasteiger partial charge is 0.303 e. The van der Waals surface area contributed by atoms with Crippen LogP contribution < -0.4 is 5.32 Å². The monoisotopic (exact) mass is 233 g/mol. The third-order valence-corrected chi connectivity index (χ3v) is 3.65. The van der Waals surface area contributed by atoms with E-state index in [0.717, 1.165) is 19.5 Å². The van der Waals surface area contributed by atoms with E-state index in [0.29, 0.717) is 5.92 Å². The summed E-state index contributed by atoms with van der Waals surface area (Å²) in [5.74, 6) is -0.0913. The maximum atomic E-state index is 10.9. The molecule has 0 saturated carbocycles. The molecule has 3 nitrogen and oxygen atoms in total. The van der Waals surface area contributed by atoms with Crippen molar-refractivity contribution in [2.75, 3.05) is 13.1 Å². The highest BCUT2D eigenvalue weighted by Gasteiger charge is 2.28. The second-order valence-corrected chi connectivity index (χ2v) is 4.81. The largest absolute Gasteiger partial charge is 0.481 e. The molecule has 0 aliphatic carbocycles. The molecule has 2 rings (SSSR count). The van der Waals surface area contributed by atoms with Crippen molar-refractivity contribution >= 4 is 5.97 Å². The molecule has 0 spiro atoms. The van der Waals surface area contributed by atoms with Crippen LogP contribution in [0.25, 0.3) is 0 Å². The number of benzene rings is 1. The Labute approximate surface area is 102 Å². The fraction of sp³-hybridized carbons (Fsp3) is 0.500. The van der Waals surface area contributed by atoms with Crippen molar-refractivity contribution in [2.24, 2.45) is 5.92 Å². The van der Waals surface area contributed by atoms with Crippen molar-refractivity contribution in [2.45, 2.75) is 25.7 Å². The third kappa shape index (κ3) is 2.86. The van der Waals surface area contributed by atoms with E-state index in [1.54, 1.807) is 0 Å². The van der Waals surface area contributed by atoms with Crippen molar-refractivity contribution in [1.29, 1.82) is 0 Å². The fourth-order valence-electron chi connectivity index (χ4n) is 2.75. The van der Waals surface area contributed by atoms with Crippen LogP contribution in [0.3, 0.4) is 0 Å². The van der Waals surface area contributed by atoms with Gasteiger partial charge in [-0.2, -0.15) is 0 Å². The van der Waals surface area contributed by atoms with Gasteiger partial charge in [0.1, 0.15) is 0 Å². The van der Waals surface area contributed by atoms with E-state index >= 15 is 0 Å². The van der Waals surface area contributed by atoms with E-state index in [4.69, 9.17) is 5.11 Å². The standard InChI is InChI=1S/C14H19NO2/c1-10-4-2-3-5-12(10)13-9-15-7-6-11(13)8-14(16)17/h2-5,11,13,15H,6-9H2,1H3,(H,16,17). The first-order valence-electron chi connectivity index (χ1n) is 6.16. The molecule has 0 amide bonds. The van der Waals surface area contributed by atoms with Gasteiger partial charge >= 0.3 is 5.97 Å². The molecular formula is C14H19NO2. The molecule has 1 saturated heterocycles. The van der Waals surface area contributed by atoms with Crippen LogP contribution in [0, 0.1) is 12.8 Å². The zero-order chi connectivity index (χ0) is 12.3. The summed E-state index contributed by atoms with van der Waals surface area (Å²) in [5, 5.41) is 12.4. The summed E-state index contributed by atoms with van der Waals surface area (Å²) in [6.07, 6.45) is 1.23. The molecule has 1 aromatic carbocycles. The topological polar surface area (TPSA) is 49.3 Å². The summed E-state index contributed by atoms with van der Waals surface area (Å²) in [7, 11) is 0. The van der Waals surface area contributed by atoms with Crippen LogP contribution in [0.1, 0.15) is 29.9 Å². The van der Waals surface area contributed by atoms with Crippen LogP contribution in [0.4, 0.5) is 0 Å². The minimum Gasteiger partial charge on any atom is -0.481 e. The molecule has 1 aliphatic heterocycles. The minimum absolute atomic E-state index is 0.259. The molecular weight excluding hydrogens is 214 g/mol. The number of piperidine rings is 1. The average Bonchev–Trinajstić information content (AvgIpc) is 2.30. The Morgan fingerprint density at radius 3 is 2.94 bits per heavy atom. The second-order valence-electron chi connectivity index (χ2n) is 4.81. The highest BCUT2D eigenvalue weighted by molar-refractivity contribution is 5.67. The predicted octanol–water partition coefficient (Wildman–Crippen LogP) is 2.16. The molecule has 3 heteroatoms. The van der Waals surface area contributed by atoms with Crippen LogP contribution in [0.15, 0.2) is 24.3 Å². The van der Waals surface area contributed by atoms with Crippen molar-refractivity contribution in [1.82, 2.24) is 5.32 Å². The molecule has 2 unspecified atom stereocenters. The number of aryl methyl sites for hydroxylation is 1. The Morgan fingerprint density at radius 2 is 2.24 bits per heavy atom. The quantitative estimate of drug-likeness (QED) is 0.841. The Hall–Kier alpha value is -1.35. The van der Waals surface area contributed by atoms with Crippen LogP contribution in [-0.4, -0.2) is 24.2 Å². The number of nitrogens with one attached hydrogen (secondary N) is 1. The van der Waals surface area contributed by atoms with Crippen LogP contribution in [0.2, 0.25) is 0 Å². The lowest BCUT2D eigenvalue weighted by molar-refractivity contribution is -0.138. The van der Waals surface area contributed by atoms with E-state index in [1.165, 1.54) is 11.1 Å². The van der Waals surface area contributed by atoms with Crippen LogP contribution in [-0.2, 0) is 4.79 Å². The van der Waals surface area contributed by atoms with Crippen molar-refractivity contribution in [3.63, 3.8) is 0 Å². The maximum Gasteiger partial charge on any atom is 0.303 e. The fourth-order valence-corrected chi connectivity index (χ4v) is 2.75. The van der Waals surface area contributed by atoms with Gasteiger partial charge in [0.05, 0.1) is 0 Å². The second kappa shape index (κ2) is 5.32. The normalized spacial score (nSPS) is 24.5. The number of carboxylic acid groups (broad SMARTS) is 1. The van der Waals surface area contributed by atoms with Gasteiger partial charge < -0.3 is 10.4 Å². The lowest BCUT2D eigenvalue weighted by atomic mass is 9.78. The first kappa shape index (κ1) is 12.1. The summed E-state index contributed by atoms with van der Waals surface area (Å²) < 4.78 is 0. The number of hydrogen-bond donors (Lipinski definition) is 2. The van der Waals surface area contributed by atoms with Gasteiger partial charge in [-0.15, -0.1) is 0 Å². The van der Waals surface area contributed by atoms with Crippen molar-refractivity contribution in [3.8, 4) is 0 Å². The van der Waals surface area contributed by atoms with Gasteiger partial charge in [0, 0.05) is 18.9 Å². The van der Waals surface area contributed by atoms with Gasteiger partial charge in [-0.1, -0.05) is 24.3 Å². The summed E-state index contributed by atoms with van der Waals surface area (Å²) in [6, 6.07) is 8.29. The Balaban J connectivity index is 2.21. The van der Waals surface area contributed by atoms with E-state index in [2.05, 4.69) is 24.4 Å². The van der Waals surface area contributed by atoms with Crippen LogP contribution >= 0.6 is 0 Å². The molecule has 2 atom stereocenters. The lowest BCUT2D eigenvalue weighted by Gasteiger charge is -2.32. The number of aliphatic carboxylic acids is 1. The summed E-state index contributed by atoms with van der Waals surface area (Å²) in [5.41, 5.74) is 2.56. The van der Waals surface area contributed by atoms with Gasteiger partial charge in [-0.25, -0.2) is 0 Å². The first-order chi connectivity index (χ1) is 8.18. The number of carboxylic acids is 1. The predicted molar refractivity (Wildman–Crippen MR) is 67.1 cm³/mol. The number of hydrogen-bond acceptors (Lipinski definition) is 2. The highest BCUT2D eigenvalue weighted by atomic mass is 16.4. The van der Waals surface area contributed by atoms with Gasteiger partial charge in [-0.3, -0.25) is 4.79 Å². The molecule has 1 aliphatic rings. The van der Waals surface area contributed by atoms with Crippen molar-refractivity contribution in [3.05, 3.63) is 35.4 Å². The molecule has 1 fully saturated rings. The molecule has 0 aromatic heterocycles. The van der Waals surface area contributed by atoms with E-state index in [9.17, 15) is 4.79 Å². The number of carbonyl (C=O) groups is 1. The summed E-state index contributed by atoms with van der Waals surface area (Å²) in [4.78, 5) is 10.9. The van der Waals surface area contributed by atoms with Crippen LogP contribution in [0.5, 0.6) is 0 Å². The summed E-state index contributed by atoms with van der Waals surface area (Å²) in [6.45, 7) is 3.92. The molecule has 92 valence electrons. The van der Waals surface area contributed by atoms with Gasteiger partial charge in [0.25, 0.3) is 0 Å². The maximum absolute atomic E-state index is 10.9. The first-order valence-corrected chi connectivity index (χ1v) is 6.16. The molecule has 1 heterocycles. The SMILES string of the molecule is Cc1ccccc1C1CNCCC1CC(=O)O. The van der Waals surface area contributed by atoms with E-state index in [-0.39, 0.29) is 12.3 Å². The molecule has 0 radical (unpaired) electrons. The zero-order valence-corrected chi connectivity index (χ0v) is 10.1. The Kier molecular flexibility index (Phi) is 3.79. The molecule has 0 bridgehead atoms. The molecule has 17 heavy (non-hydrogen) atoms. The van der Waals surface area contributed by atoms with Gasteiger partial charge in [-0.05, 0) is 36.9 Å². The van der Waals surface area contributed by atoms with Gasteiger partial charge in [0.15, 0.2) is 0 Å². The zero-order valence-electron chi connectivity index (χ0n) is 10.1. The van der Waals surface area contributed by atoms with E-state index < -0.39 is 5.97 Å². The van der Waals surface area contributed by atoms with E-state index in [1.807, 2.05) is 12.1 Å². The number of rotatable bonds is 3. The average molecular weight is 233 g/mol. The highest BCUT2D eigenvalue weighted by Crippen LogP contribution is 2.33. The van der Waals surface area contributed by atoms with Gasteiger partial charge in [0.2, 0.25) is 0 Å². The summed E-state index contributed by atoms with van der Waals surface area (Å²) >= 11 is 0. The lowest BCUT2D eigenvalue weighted by Crippen LogP contribution is -2.36. The molecule has 2 N–H and O–H groups in total.